The Morgan fingerprint density at radius 2 is 2.17 bits per heavy atom. The molecule has 1 aliphatic rings. The van der Waals surface area contributed by atoms with Gasteiger partial charge in [-0.1, -0.05) is 17.7 Å². The van der Waals surface area contributed by atoms with Gasteiger partial charge >= 0.3 is 0 Å². The standard InChI is InChI=1S/C15H21BrN2/c1-11-6-8-18(9-7-11)15-5-4-13(10-14(15)16)12(2)17-3/h4-6,10,12,17H,7-9H2,1-3H3. The quantitative estimate of drug-likeness (QED) is 0.852. The van der Waals surface area contributed by atoms with E-state index in [9.17, 15) is 0 Å². The van der Waals surface area contributed by atoms with E-state index in [-0.39, 0.29) is 0 Å². The Morgan fingerprint density at radius 3 is 2.72 bits per heavy atom. The van der Waals surface area contributed by atoms with Crippen molar-refractivity contribution in [3.8, 4) is 0 Å². The van der Waals surface area contributed by atoms with Crippen LogP contribution >= 0.6 is 15.9 Å². The first-order valence-electron chi connectivity index (χ1n) is 6.49. The summed E-state index contributed by atoms with van der Waals surface area (Å²) in [6, 6.07) is 7.05. The van der Waals surface area contributed by atoms with Gasteiger partial charge in [-0.2, -0.15) is 0 Å². The van der Waals surface area contributed by atoms with Crippen molar-refractivity contribution in [2.45, 2.75) is 26.3 Å². The molecule has 1 aromatic rings. The Morgan fingerprint density at radius 1 is 1.39 bits per heavy atom. The topological polar surface area (TPSA) is 15.3 Å². The van der Waals surface area contributed by atoms with Crippen LogP contribution in [0.25, 0.3) is 0 Å². The van der Waals surface area contributed by atoms with E-state index in [4.69, 9.17) is 0 Å². The number of hydrogen-bond donors (Lipinski definition) is 1. The number of benzene rings is 1. The molecule has 1 N–H and O–H groups in total. The van der Waals surface area contributed by atoms with E-state index >= 15 is 0 Å². The van der Waals surface area contributed by atoms with Crippen LogP contribution in [0.15, 0.2) is 34.3 Å². The van der Waals surface area contributed by atoms with Gasteiger partial charge in [0.1, 0.15) is 0 Å². The van der Waals surface area contributed by atoms with Gasteiger partial charge in [0.2, 0.25) is 0 Å². The van der Waals surface area contributed by atoms with Crippen molar-refractivity contribution in [2.24, 2.45) is 0 Å². The third-order valence-electron chi connectivity index (χ3n) is 3.68. The molecule has 18 heavy (non-hydrogen) atoms. The summed E-state index contributed by atoms with van der Waals surface area (Å²) in [6.45, 7) is 6.52. The van der Waals surface area contributed by atoms with Crippen LogP contribution in [0.4, 0.5) is 5.69 Å². The summed E-state index contributed by atoms with van der Waals surface area (Å²) in [5.41, 5.74) is 4.12. The molecule has 98 valence electrons. The lowest BCUT2D eigenvalue weighted by atomic mass is 10.1. The van der Waals surface area contributed by atoms with Gasteiger partial charge in [0.05, 0.1) is 5.69 Å². The summed E-state index contributed by atoms with van der Waals surface area (Å²) >= 11 is 3.71. The van der Waals surface area contributed by atoms with Crippen LogP contribution in [0.5, 0.6) is 0 Å². The van der Waals surface area contributed by atoms with Gasteiger partial charge in [-0.15, -0.1) is 0 Å². The average molecular weight is 309 g/mol. The van der Waals surface area contributed by atoms with Crippen LogP contribution in [-0.2, 0) is 0 Å². The molecule has 0 spiro atoms. The van der Waals surface area contributed by atoms with Crippen LogP contribution in [0, 0.1) is 0 Å². The predicted octanol–water partition coefficient (Wildman–Crippen LogP) is 3.89. The minimum atomic E-state index is 0.388. The second-order valence-corrected chi connectivity index (χ2v) is 5.82. The maximum Gasteiger partial charge on any atom is 0.0513 e. The Kier molecular flexibility index (Phi) is 4.46. The summed E-state index contributed by atoms with van der Waals surface area (Å²) in [5.74, 6) is 0. The Labute approximate surface area is 118 Å². The van der Waals surface area contributed by atoms with Crippen molar-refractivity contribution < 1.29 is 0 Å². The molecule has 1 atom stereocenters. The van der Waals surface area contributed by atoms with E-state index in [0.29, 0.717) is 6.04 Å². The third kappa shape index (κ3) is 2.96. The molecule has 0 bridgehead atoms. The zero-order valence-electron chi connectivity index (χ0n) is 11.3. The molecule has 2 rings (SSSR count). The zero-order valence-corrected chi connectivity index (χ0v) is 12.9. The van der Waals surface area contributed by atoms with Crippen molar-refractivity contribution in [1.29, 1.82) is 0 Å². The van der Waals surface area contributed by atoms with Crippen LogP contribution in [0.2, 0.25) is 0 Å². The number of anilines is 1. The SMILES string of the molecule is CNC(C)c1ccc(N2CC=C(C)CC2)c(Br)c1. The molecule has 0 fully saturated rings. The van der Waals surface area contributed by atoms with Gasteiger partial charge < -0.3 is 10.2 Å². The maximum atomic E-state index is 3.71. The molecular weight excluding hydrogens is 288 g/mol. The largest absolute Gasteiger partial charge is 0.367 e. The molecule has 3 heteroatoms. The van der Waals surface area contributed by atoms with E-state index in [1.165, 1.54) is 27.7 Å². The molecule has 1 aromatic carbocycles. The second-order valence-electron chi connectivity index (χ2n) is 4.97. The molecule has 0 amide bonds. The summed E-state index contributed by atoms with van der Waals surface area (Å²) in [7, 11) is 1.99. The molecular formula is C15H21BrN2. The van der Waals surface area contributed by atoms with Gasteiger partial charge in [-0.05, 0) is 60.9 Å². The number of halogens is 1. The molecule has 0 radical (unpaired) electrons. The molecule has 1 unspecified atom stereocenters. The maximum absolute atomic E-state index is 3.71. The Hall–Kier alpha value is -0.800. The fourth-order valence-electron chi connectivity index (χ4n) is 2.21. The van der Waals surface area contributed by atoms with Crippen LogP contribution < -0.4 is 10.2 Å². The van der Waals surface area contributed by atoms with Crippen molar-refractivity contribution in [2.75, 3.05) is 25.0 Å². The Balaban J connectivity index is 2.20. The number of nitrogens with one attached hydrogen (secondary N) is 1. The average Bonchev–Trinajstić information content (AvgIpc) is 2.39. The monoisotopic (exact) mass is 308 g/mol. The molecule has 0 saturated carbocycles. The van der Waals surface area contributed by atoms with Crippen LogP contribution in [0.1, 0.15) is 31.9 Å². The molecule has 0 aromatic heterocycles. The highest BCUT2D eigenvalue weighted by molar-refractivity contribution is 9.10. The van der Waals surface area contributed by atoms with Gasteiger partial charge in [0.15, 0.2) is 0 Å². The summed E-state index contributed by atoms with van der Waals surface area (Å²) in [6.07, 6.45) is 3.49. The lowest BCUT2D eigenvalue weighted by molar-refractivity contribution is 0.651. The fourth-order valence-corrected chi connectivity index (χ4v) is 2.85. The van der Waals surface area contributed by atoms with Gasteiger partial charge in [-0.25, -0.2) is 0 Å². The fraction of sp³-hybridized carbons (Fsp3) is 0.467. The molecule has 1 aliphatic heterocycles. The number of nitrogens with zero attached hydrogens (tertiary/aromatic N) is 1. The van der Waals surface area contributed by atoms with Crippen LogP contribution in [0.3, 0.4) is 0 Å². The Bertz CT molecular complexity index is 454. The van der Waals surface area contributed by atoms with Gasteiger partial charge in [0, 0.05) is 23.6 Å². The first-order valence-corrected chi connectivity index (χ1v) is 7.28. The summed E-state index contributed by atoms with van der Waals surface area (Å²) in [5, 5.41) is 3.27. The first-order chi connectivity index (χ1) is 8.61. The molecule has 1 heterocycles. The van der Waals surface area contributed by atoms with Crippen molar-refractivity contribution >= 4 is 21.6 Å². The highest BCUT2D eigenvalue weighted by atomic mass is 79.9. The number of hydrogen-bond acceptors (Lipinski definition) is 2. The lowest BCUT2D eigenvalue weighted by Gasteiger charge is -2.29. The summed E-state index contributed by atoms with van der Waals surface area (Å²) in [4.78, 5) is 2.42. The van der Waals surface area contributed by atoms with E-state index in [1.54, 1.807) is 0 Å². The minimum Gasteiger partial charge on any atom is -0.367 e. The van der Waals surface area contributed by atoms with E-state index in [0.717, 1.165) is 13.1 Å². The molecule has 2 nitrogen and oxygen atoms in total. The minimum absolute atomic E-state index is 0.388. The van der Waals surface area contributed by atoms with E-state index in [2.05, 4.69) is 64.3 Å². The third-order valence-corrected chi connectivity index (χ3v) is 4.32. The normalized spacial score (nSPS) is 17.6. The second kappa shape index (κ2) is 5.89. The van der Waals surface area contributed by atoms with E-state index in [1.807, 2.05) is 7.05 Å². The van der Waals surface area contributed by atoms with Crippen molar-refractivity contribution in [3.63, 3.8) is 0 Å². The van der Waals surface area contributed by atoms with Crippen molar-refractivity contribution in [1.82, 2.24) is 5.32 Å². The van der Waals surface area contributed by atoms with Gasteiger partial charge in [-0.3, -0.25) is 0 Å². The molecule has 0 aliphatic carbocycles. The lowest BCUT2D eigenvalue weighted by Crippen LogP contribution is -2.28. The first kappa shape index (κ1) is 13.6. The zero-order chi connectivity index (χ0) is 13.1. The summed E-state index contributed by atoms with van der Waals surface area (Å²) < 4.78 is 1.19. The predicted molar refractivity (Wildman–Crippen MR) is 82.2 cm³/mol. The highest BCUT2D eigenvalue weighted by Gasteiger charge is 2.14. The number of rotatable bonds is 3. The van der Waals surface area contributed by atoms with Crippen LogP contribution in [-0.4, -0.2) is 20.1 Å². The van der Waals surface area contributed by atoms with E-state index < -0.39 is 0 Å². The van der Waals surface area contributed by atoms with Crippen molar-refractivity contribution in [3.05, 3.63) is 39.9 Å². The van der Waals surface area contributed by atoms with Gasteiger partial charge in [0.25, 0.3) is 0 Å². The smallest absolute Gasteiger partial charge is 0.0513 e. The highest BCUT2D eigenvalue weighted by Crippen LogP contribution is 2.30. The molecule has 0 saturated heterocycles.